The zero-order chi connectivity index (χ0) is 22.1. The van der Waals surface area contributed by atoms with E-state index in [0.29, 0.717) is 11.7 Å². The molecule has 0 aliphatic carbocycles. The molecule has 0 saturated heterocycles. The number of allylic oxidation sites excluding steroid dienone is 1. The number of amides is 1. The van der Waals surface area contributed by atoms with Gasteiger partial charge >= 0.3 is 0 Å². The number of carbonyl (C=O) groups excluding carboxylic acids is 1. The summed E-state index contributed by atoms with van der Waals surface area (Å²) in [4.78, 5) is 15.0. The van der Waals surface area contributed by atoms with E-state index < -0.39 is 5.91 Å². The highest BCUT2D eigenvalue weighted by Gasteiger charge is 2.32. The molecule has 2 aromatic rings. The largest absolute Gasteiger partial charge is 0.360 e. The first-order valence-electron chi connectivity index (χ1n) is 10.3. The molecule has 0 radical (unpaired) electrons. The Labute approximate surface area is 179 Å². The first kappa shape index (κ1) is 21.4. The molecule has 154 valence electrons. The Bertz CT molecular complexity index is 1070. The van der Waals surface area contributed by atoms with Crippen molar-refractivity contribution in [2.24, 2.45) is 0 Å². The highest BCUT2D eigenvalue weighted by Crippen LogP contribution is 2.40. The summed E-state index contributed by atoms with van der Waals surface area (Å²) in [6.45, 7) is 12.9. The minimum absolute atomic E-state index is 0.0751. The average Bonchev–Trinajstić information content (AvgIpc) is 2.67. The molecule has 0 atom stereocenters. The zero-order valence-corrected chi connectivity index (χ0v) is 18.6. The quantitative estimate of drug-likeness (QED) is 0.510. The summed E-state index contributed by atoms with van der Waals surface area (Å²) in [6.07, 6.45) is 3.93. The van der Waals surface area contributed by atoms with Gasteiger partial charge in [0.25, 0.3) is 5.91 Å². The molecule has 0 unspecified atom stereocenters. The molecule has 3 rings (SSSR count). The fourth-order valence-corrected chi connectivity index (χ4v) is 4.25. The molecule has 1 amide bonds. The van der Waals surface area contributed by atoms with Crippen molar-refractivity contribution >= 4 is 28.9 Å². The summed E-state index contributed by atoms with van der Waals surface area (Å²) in [5.41, 5.74) is 6.13. The second kappa shape index (κ2) is 8.20. The summed E-state index contributed by atoms with van der Waals surface area (Å²) in [6, 6.07) is 16.0. The molecule has 1 aliphatic rings. The van der Waals surface area contributed by atoms with Crippen molar-refractivity contribution in [3.63, 3.8) is 0 Å². The molecule has 0 spiro atoms. The highest BCUT2D eigenvalue weighted by atomic mass is 16.1. The normalized spacial score (nSPS) is 15.3. The van der Waals surface area contributed by atoms with Crippen LogP contribution in [0.4, 0.5) is 11.4 Å². The monoisotopic (exact) mass is 399 g/mol. The molecule has 0 saturated carbocycles. The lowest BCUT2D eigenvalue weighted by Crippen LogP contribution is -2.49. The molecular formula is C26H29N3O. The smallest absolute Gasteiger partial charge is 0.266 e. The Morgan fingerprint density at radius 3 is 2.40 bits per heavy atom. The number of hydrogen-bond donors (Lipinski definition) is 1. The molecular weight excluding hydrogens is 370 g/mol. The van der Waals surface area contributed by atoms with Gasteiger partial charge in [0.1, 0.15) is 11.6 Å². The summed E-state index contributed by atoms with van der Waals surface area (Å²) < 4.78 is 0. The third kappa shape index (κ3) is 4.31. The predicted molar refractivity (Wildman–Crippen MR) is 125 cm³/mol. The third-order valence-electron chi connectivity index (χ3n) is 5.40. The molecule has 4 nitrogen and oxygen atoms in total. The van der Waals surface area contributed by atoms with Crippen molar-refractivity contribution in [1.29, 1.82) is 5.26 Å². The Kier molecular flexibility index (Phi) is 5.85. The highest BCUT2D eigenvalue weighted by molar-refractivity contribution is 6.09. The third-order valence-corrected chi connectivity index (χ3v) is 5.40. The number of hydrogen-bond acceptors (Lipinski definition) is 3. The van der Waals surface area contributed by atoms with Gasteiger partial charge in [-0.25, -0.2) is 0 Å². The lowest BCUT2D eigenvalue weighted by atomic mass is 9.87. The molecule has 1 aliphatic heterocycles. The second-order valence-corrected chi connectivity index (χ2v) is 8.71. The molecule has 0 aromatic heterocycles. The van der Waals surface area contributed by atoms with Gasteiger partial charge in [-0.1, -0.05) is 29.8 Å². The van der Waals surface area contributed by atoms with Gasteiger partial charge < -0.3 is 10.2 Å². The minimum atomic E-state index is -0.406. The van der Waals surface area contributed by atoms with E-state index in [1.165, 1.54) is 11.3 Å². The van der Waals surface area contributed by atoms with Crippen LogP contribution in [0.1, 0.15) is 51.3 Å². The van der Waals surface area contributed by atoms with Gasteiger partial charge in [0.2, 0.25) is 0 Å². The van der Waals surface area contributed by atoms with Crippen molar-refractivity contribution in [2.75, 3.05) is 10.2 Å². The number of nitriles is 1. The summed E-state index contributed by atoms with van der Waals surface area (Å²) in [5, 5.41) is 12.3. The van der Waals surface area contributed by atoms with Gasteiger partial charge in [-0.15, -0.1) is 0 Å². The van der Waals surface area contributed by atoms with Crippen LogP contribution in [-0.4, -0.2) is 17.5 Å². The number of nitrogens with one attached hydrogen (secondary N) is 1. The Hall–Kier alpha value is -3.32. The summed E-state index contributed by atoms with van der Waals surface area (Å²) >= 11 is 0. The fraction of sp³-hybridized carbons (Fsp3) is 0.308. The van der Waals surface area contributed by atoms with Gasteiger partial charge in [-0.05, 0) is 83.0 Å². The van der Waals surface area contributed by atoms with Crippen LogP contribution in [-0.2, 0) is 4.79 Å². The zero-order valence-electron chi connectivity index (χ0n) is 18.6. The van der Waals surface area contributed by atoms with Gasteiger partial charge in [0, 0.05) is 23.0 Å². The van der Waals surface area contributed by atoms with E-state index in [1.807, 2.05) is 43.3 Å². The number of carbonyl (C=O) groups is 1. The van der Waals surface area contributed by atoms with Crippen LogP contribution in [0.25, 0.3) is 11.6 Å². The number of nitrogens with zero attached hydrogens (tertiary/aromatic N) is 2. The van der Waals surface area contributed by atoms with E-state index in [0.717, 1.165) is 16.7 Å². The molecule has 0 bridgehead atoms. The Morgan fingerprint density at radius 1 is 1.13 bits per heavy atom. The van der Waals surface area contributed by atoms with Gasteiger partial charge in [0.15, 0.2) is 0 Å². The predicted octanol–water partition coefficient (Wildman–Crippen LogP) is 5.95. The van der Waals surface area contributed by atoms with Crippen molar-refractivity contribution in [3.05, 3.63) is 70.8 Å². The van der Waals surface area contributed by atoms with Gasteiger partial charge in [0.05, 0.1) is 5.54 Å². The maximum absolute atomic E-state index is 12.6. The molecule has 30 heavy (non-hydrogen) atoms. The number of rotatable bonds is 4. The van der Waals surface area contributed by atoms with Crippen LogP contribution in [0, 0.1) is 18.3 Å². The van der Waals surface area contributed by atoms with E-state index >= 15 is 0 Å². The van der Waals surface area contributed by atoms with E-state index in [1.54, 1.807) is 6.08 Å². The van der Waals surface area contributed by atoms with E-state index in [2.05, 4.69) is 63.0 Å². The minimum Gasteiger partial charge on any atom is -0.360 e. The van der Waals surface area contributed by atoms with Crippen LogP contribution in [0.2, 0.25) is 0 Å². The number of aryl methyl sites for hydroxylation is 1. The maximum Gasteiger partial charge on any atom is 0.266 e. The van der Waals surface area contributed by atoms with Crippen molar-refractivity contribution in [2.45, 2.75) is 53.1 Å². The SMILES string of the molecule is CC1=CC(C)(C)N(C(C)C)c2ccc(/C=C(/C#N)C(=O)Nc3ccc(C)cc3)cc21. The standard InChI is InChI=1S/C26H29N3O/c1-17(2)29-24-12-9-20(14-23(24)19(4)15-26(29,5)6)13-21(16-27)25(30)28-22-10-7-18(3)8-11-22/h7-15,17H,1-6H3,(H,28,30)/b21-13-. The topological polar surface area (TPSA) is 56.1 Å². The van der Waals surface area contributed by atoms with Crippen LogP contribution < -0.4 is 10.2 Å². The van der Waals surface area contributed by atoms with E-state index in [-0.39, 0.29) is 11.1 Å². The fourth-order valence-electron chi connectivity index (χ4n) is 4.25. The van der Waals surface area contributed by atoms with Crippen LogP contribution in [0.3, 0.4) is 0 Å². The molecule has 4 heteroatoms. The number of anilines is 2. The second-order valence-electron chi connectivity index (χ2n) is 8.71. The maximum atomic E-state index is 12.6. The first-order valence-corrected chi connectivity index (χ1v) is 10.3. The van der Waals surface area contributed by atoms with Crippen molar-refractivity contribution in [3.8, 4) is 6.07 Å². The molecule has 2 aromatic carbocycles. The summed E-state index contributed by atoms with van der Waals surface area (Å²) in [5.74, 6) is -0.406. The number of benzene rings is 2. The molecule has 1 heterocycles. The van der Waals surface area contributed by atoms with E-state index in [9.17, 15) is 10.1 Å². The molecule has 0 fully saturated rings. The van der Waals surface area contributed by atoms with E-state index in [4.69, 9.17) is 0 Å². The van der Waals surface area contributed by atoms with Crippen molar-refractivity contribution < 1.29 is 4.79 Å². The van der Waals surface area contributed by atoms with Crippen molar-refractivity contribution in [1.82, 2.24) is 0 Å². The Balaban J connectivity index is 1.93. The summed E-state index contributed by atoms with van der Waals surface area (Å²) in [7, 11) is 0. The van der Waals surface area contributed by atoms with Crippen LogP contribution >= 0.6 is 0 Å². The van der Waals surface area contributed by atoms with Crippen LogP contribution in [0.15, 0.2) is 54.1 Å². The molecule has 1 N–H and O–H groups in total. The van der Waals surface area contributed by atoms with Gasteiger partial charge in [-0.2, -0.15) is 5.26 Å². The first-order chi connectivity index (χ1) is 14.1. The lowest BCUT2D eigenvalue weighted by Gasteiger charge is -2.46. The number of fused-ring (bicyclic) bond motifs is 1. The lowest BCUT2D eigenvalue weighted by molar-refractivity contribution is -0.112. The van der Waals surface area contributed by atoms with Crippen LogP contribution in [0.5, 0.6) is 0 Å². The Morgan fingerprint density at radius 2 is 1.80 bits per heavy atom. The van der Waals surface area contributed by atoms with Gasteiger partial charge in [-0.3, -0.25) is 4.79 Å². The average molecular weight is 400 g/mol.